The van der Waals surface area contributed by atoms with E-state index in [2.05, 4.69) is 0 Å². The minimum atomic E-state index is -2.35. The summed E-state index contributed by atoms with van der Waals surface area (Å²) in [6.45, 7) is 9.05. The normalized spacial score (nSPS) is 15.7. The lowest BCUT2D eigenvalue weighted by Crippen LogP contribution is -2.51. The summed E-state index contributed by atoms with van der Waals surface area (Å²) < 4.78 is 15.6. The Kier molecular flexibility index (Phi) is 6.82. The van der Waals surface area contributed by atoms with Crippen LogP contribution in [0.15, 0.2) is 0 Å². The van der Waals surface area contributed by atoms with Gasteiger partial charge in [-0.2, -0.15) is 0 Å². The van der Waals surface area contributed by atoms with Crippen LogP contribution in [0.25, 0.3) is 0 Å². The first kappa shape index (κ1) is 19.0. The van der Waals surface area contributed by atoms with Crippen LogP contribution in [0, 0.1) is 0 Å². The third kappa shape index (κ3) is 5.57. The molecule has 0 aromatic rings. The van der Waals surface area contributed by atoms with Crippen LogP contribution in [0.5, 0.6) is 0 Å². The van der Waals surface area contributed by atoms with Crippen molar-refractivity contribution in [3.05, 3.63) is 0 Å². The number of hydrogen-bond acceptors (Lipinski definition) is 5. The lowest BCUT2D eigenvalue weighted by atomic mass is 10.2. The van der Waals surface area contributed by atoms with Gasteiger partial charge in [0.1, 0.15) is 6.61 Å². The van der Waals surface area contributed by atoms with Crippen molar-refractivity contribution in [2.75, 3.05) is 13.7 Å². The fraction of sp³-hybridized carbons (Fsp3) is 0.833. The van der Waals surface area contributed by atoms with Crippen molar-refractivity contribution in [3.8, 4) is 0 Å². The highest BCUT2D eigenvalue weighted by Gasteiger charge is 2.43. The average Bonchev–Trinajstić information content (AvgIpc) is 2.25. The standard InChI is InChI=1S/C12H24O7Si/c1-12(2,3)20(5,6)19-9(10(15)16)11(17-4)18-7-8(13)14/h9,11H,7H2,1-6H3,(H,13,14)(H,15,16)/t9-,11-/m0/s1. The number of hydrogen-bond donors (Lipinski definition) is 2. The van der Waals surface area contributed by atoms with Gasteiger partial charge in [-0.25, -0.2) is 9.59 Å². The van der Waals surface area contributed by atoms with Crippen molar-refractivity contribution in [1.82, 2.24) is 0 Å². The van der Waals surface area contributed by atoms with Gasteiger partial charge in [0.05, 0.1) is 0 Å². The maximum Gasteiger partial charge on any atom is 0.337 e. The van der Waals surface area contributed by atoms with Gasteiger partial charge in [0.25, 0.3) is 0 Å². The highest BCUT2D eigenvalue weighted by atomic mass is 28.4. The summed E-state index contributed by atoms with van der Waals surface area (Å²) in [7, 11) is -1.11. The zero-order chi connectivity index (χ0) is 16.1. The molecule has 0 heterocycles. The molecule has 2 atom stereocenters. The molecular weight excluding hydrogens is 284 g/mol. The van der Waals surface area contributed by atoms with Crippen LogP contribution in [0.3, 0.4) is 0 Å². The maximum atomic E-state index is 11.3. The minimum Gasteiger partial charge on any atom is -0.480 e. The molecule has 0 fully saturated rings. The third-order valence-electron chi connectivity index (χ3n) is 3.32. The zero-order valence-corrected chi connectivity index (χ0v) is 13.8. The third-order valence-corrected chi connectivity index (χ3v) is 7.78. The number of carboxylic acids is 2. The van der Waals surface area contributed by atoms with Crippen LogP contribution in [-0.2, 0) is 23.5 Å². The number of aliphatic carboxylic acids is 2. The summed E-state index contributed by atoms with van der Waals surface area (Å²) in [6, 6.07) is 0. The lowest BCUT2D eigenvalue weighted by Gasteiger charge is -2.39. The van der Waals surface area contributed by atoms with Gasteiger partial charge in [-0.1, -0.05) is 20.8 Å². The van der Waals surface area contributed by atoms with Gasteiger partial charge in [0.2, 0.25) is 0 Å². The van der Waals surface area contributed by atoms with E-state index in [1.807, 2.05) is 33.9 Å². The molecule has 0 saturated heterocycles. The molecule has 7 nitrogen and oxygen atoms in total. The van der Waals surface area contributed by atoms with Crippen molar-refractivity contribution >= 4 is 20.3 Å². The predicted octanol–water partition coefficient (Wildman–Crippen LogP) is 1.54. The molecule has 8 heteroatoms. The molecule has 0 aliphatic rings. The van der Waals surface area contributed by atoms with E-state index in [1.165, 1.54) is 7.11 Å². The first-order valence-corrected chi connectivity index (χ1v) is 9.10. The van der Waals surface area contributed by atoms with Crippen molar-refractivity contribution in [2.24, 2.45) is 0 Å². The second-order valence-electron chi connectivity index (χ2n) is 5.95. The number of carboxylic acid groups (broad SMARTS) is 2. The molecule has 0 amide bonds. The molecule has 0 radical (unpaired) electrons. The Morgan fingerprint density at radius 1 is 1.20 bits per heavy atom. The second-order valence-corrected chi connectivity index (χ2v) is 10.7. The minimum absolute atomic E-state index is 0.189. The lowest BCUT2D eigenvalue weighted by molar-refractivity contribution is -0.198. The first-order valence-electron chi connectivity index (χ1n) is 6.19. The van der Waals surface area contributed by atoms with Crippen molar-refractivity contribution < 1.29 is 33.7 Å². The average molecular weight is 308 g/mol. The molecule has 0 unspecified atom stereocenters. The van der Waals surface area contributed by atoms with E-state index in [9.17, 15) is 14.7 Å². The number of ether oxygens (including phenoxy) is 2. The fourth-order valence-corrected chi connectivity index (χ4v) is 2.35. The van der Waals surface area contributed by atoms with Gasteiger partial charge in [-0.3, -0.25) is 0 Å². The smallest absolute Gasteiger partial charge is 0.337 e. The molecule has 2 N–H and O–H groups in total. The molecule has 0 aromatic heterocycles. The summed E-state index contributed by atoms with van der Waals surface area (Å²) in [5, 5.41) is 17.7. The van der Waals surface area contributed by atoms with Gasteiger partial charge in [-0.15, -0.1) is 0 Å². The van der Waals surface area contributed by atoms with E-state index < -0.39 is 39.3 Å². The number of carbonyl (C=O) groups is 2. The Balaban J connectivity index is 5.04. The van der Waals surface area contributed by atoms with E-state index in [0.717, 1.165) is 0 Å². The van der Waals surface area contributed by atoms with Crippen molar-refractivity contribution in [3.63, 3.8) is 0 Å². The maximum absolute atomic E-state index is 11.3. The molecule has 0 aromatic carbocycles. The second kappa shape index (κ2) is 7.16. The van der Waals surface area contributed by atoms with Gasteiger partial charge in [0.15, 0.2) is 20.7 Å². The molecule has 118 valence electrons. The Morgan fingerprint density at radius 2 is 1.70 bits per heavy atom. The monoisotopic (exact) mass is 308 g/mol. The zero-order valence-electron chi connectivity index (χ0n) is 12.8. The van der Waals surface area contributed by atoms with Crippen LogP contribution in [0.1, 0.15) is 20.8 Å². The highest BCUT2D eigenvalue weighted by molar-refractivity contribution is 6.74. The number of rotatable bonds is 8. The first-order chi connectivity index (χ1) is 8.92. The molecular formula is C12H24O7Si. The van der Waals surface area contributed by atoms with Gasteiger partial charge < -0.3 is 24.1 Å². The van der Waals surface area contributed by atoms with Crippen LogP contribution in [0.2, 0.25) is 18.1 Å². The van der Waals surface area contributed by atoms with Crippen LogP contribution in [0.4, 0.5) is 0 Å². The summed E-state index contributed by atoms with van der Waals surface area (Å²) >= 11 is 0. The van der Waals surface area contributed by atoms with E-state index in [4.69, 9.17) is 19.0 Å². The molecule has 0 bridgehead atoms. The predicted molar refractivity (Wildman–Crippen MR) is 74.1 cm³/mol. The van der Waals surface area contributed by atoms with Crippen molar-refractivity contribution in [1.29, 1.82) is 0 Å². The van der Waals surface area contributed by atoms with Crippen LogP contribution in [-0.4, -0.2) is 56.6 Å². The molecule has 0 rings (SSSR count). The molecule has 20 heavy (non-hydrogen) atoms. The summed E-state index contributed by atoms with van der Waals surface area (Å²) in [4.78, 5) is 21.8. The van der Waals surface area contributed by atoms with Crippen molar-refractivity contribution in [2.45, 2.75) is 51.3 Å². The Bertz CT molecular complexity index is 348. The van der Waals surface area contributed by atoms with E-state index in [0.29, 0.717) is 0 Å². The van der Waals surface area contributed by atoms with E-state index >= 15 is 0 Å². The van der Waals surface area contributed by atoms with Gasteiger partial charge in [-0.05, 0) is 18.1 Å². The van der Waals surface area contributed by atoms with E-state index in [-0.39, 0.29) is 5.04 Å². The topological polar surface area (TPSA) is 102 Å². The Labute approximate surface area is 120 Å². The molecule has 0 saturated carbocycles. The summed E-state index contributed by atoms with van der Waals surface area (Å²) in [6.07, 6.45) is -2.63. The Morgan fingerprint density at radius 3 is 2.00 bits per heavy atom. The SMILES string of the molecule is CO[C@@H](OCC(=O)O)[C@@H](O[Si](C)(C)C(C)(C)C)C(=O)O. The van der Waals surface area contributed by atoms with Crippen LogP contribution < -0.4 is 0 Å². The highest BCUT2D eigenvalue weighted by Crippen LogP contribution is 2.37. The summed E-state index contributed by atoms with van der Waals surface area (Å²) in [5.41, 5.74) is 0. The summed E-state index contributed by atoms with van der Waals surface area (Å²) in [5.74, 6) is -2.45. The molecule has 0 aliphatic heterocycles. The number of methoxy groups -OCH3 is 1. The Hall–Kier alpha value is -0.963. The fourth-order valence-electron chi connectivity index (χ4n) is 1.15. The van der Waals surface area contributed by atoms with Gasteiger partial charge in [0, 0.05) is 7.11 Å². The quantitative estimate of drug-likeness (QED) is 0.518. The molecule has 0 spiro atoms. The van der Waals surface area contributed by atoms with Gasteiger partial charge >= 0.3 is 11.9 Å². The largest absolute Gasteiger partial charge is 0.480 e. The van der Waals surface area contributed by atoms with Crippen LogP contribution >= 0.6 is 0 Å². The van der Waals surface area contributed by atoms with E-state index in [1.54, 1.807) is 0 Å². The molecule has 0 aliphatic carbocycles.